The largest absolute Gasteiger partial charge is 0.480 e. The second-order valence-electron chi connectivity index (χ2n) is 30.9. The van der Waals surface area contributed by atoms with Gasteiger partial charge in [-0.1, -0.05) is 125 Å². The summed E-state index contributed by atoms with van der Waals surface area (Å²) in [5.41, 5.74) is 12.1. The van der Waals surface area contributed by atoms with Gasteiger partial charge in [0.15, 0.2) is 17.3 Å². The number of likely N-dealkylation sites (tertiary alicyclic amines) is 1. The van der Waals surface area contributed by atoms with Crippen molar-refractivity contribution >= 4 is 100 Å². The van der Waals surface area contributed by atoms with Gasteiger partial charge in [-0.3, -0.25) is 57.5 Å². The normalized spacial score (nSPS) is 16.2. The zero-order chi connectivity index (χ0) is 85.5. The molecule has 2 aromatic rings. The summed E-state index contributed by atoms with van der Waals surface area (Å²) in [6, 6.07) is 10.9. The van der Waals surface area contributed by atoms with Crippen LogP contribution in [0.5, 0.6) is 0 Å². The van der Waals surface area contributed by atoms with E-state index in [4.69, 9.17) is 30.4 Å². The van der Waals surface area contributed by atoms with Crippen molar-refractivity contribution in [1.82, 2.24) is 41.3 Å². The van der Waals surface area contributed by atoms with Gasteiger partial charge < -0.3 is 87.2 Å². The highest BCUT2D eigenvalue weighted by Gasteiger charge is 2.44. The Kier molecular flexibility index (Phi) is 45.7. The van der Waals surface area contributed by atoms with Crippen molar-refractivity contribution in [3.05, 3.63) is 65.7 Å². The van der Waals surface area contributed by atoms with Gasteiger partial charge in [-0.2, -0.15) is 0 Å². The lowest BCUT2D eigenvalue weighted by Crippen LogP contribution is -2.54. The first-order valence-corrected chi connectivity index (χ1v) is 41.0. The average Bonchev–Trinajstić information content (AvgIpc) is 1.53. The lowest BCUT2D eigenvalue weighted by Gasteiger charge is -2.41. The van der Waals surface area contributed by atoms with E-state index in [9.17, 15) is 77.3 Å². The van der Waals surface area contributed by atoms with Crippen molar-refractivity contribution < 1.29 is 96.3 Å². The number of carboxylic acid groups (broad SMARTS) is 1. The molecule has 31 nitrogen and oxygen atoms in total. The van der Waals surface area contributed by atoms with Gasteiger partial charge >= 0.3 is 18.1 Å². The number of aliphatic hydroxyl groups excluding tert-OH is 1. The number of unbranched alkanes of at least 4 members (excludes halogenated alkanes) is 2. The zero-order valence-corrected chi connectivity index (χ0v) is 70.4. The van der Waals surface area contributed by atoms with Crippen LogP contribution in [-0.4, -0.2) is 235 Å². The molecule has 1 aliphatic rings. The molecule has 1 fully saturated rings. The van der Waals surface area contributed by atoms with Crippen LogP contribution in [0.2, 0.25) is 0 Å². The van der Waals surface area contributed by atoms with Crippen LogP contribution in [-0.2, 0) is 83.1 Å². The summed E-state index contributed by atoms with van der Waals surface area (Å²) < 4.78 is 23.2. The minimum absolute atomic E-state index is 0.00547. The lowest BCUT2D eigenvalue weighted by atomic mass is 9.83. The molecule has 2 aromatic carbocycles. The molecule has 640 valence electrons. The van der Waals surface area contributed by atoms with Crippen LogP contribution in [0.3, 0.4) is 0 Å². The highest BCUT2D eigenvalue weighted by molar-refractivity contribution is 8.00. The molecule has 0 spiro atoms. The molecular weight excluding hydrogens is 1490 g/mol. The number of amides is 10. The van der Waals surface area contributed by atoms with Gasteiger partial charge in [0.25, 0.3) is 0 Å². The van der Waals surface area contributed by atoms with Gasteiger partial charge in [0, 0.05) is 122 Å². The number of carbonyl (C=O) groups is 14. The number of likely N-dealkylation sites (N-methyl/N-ethyl adjacent to an activating group) is 2. The van der Waals surface area contributed by atoms with E-state index in [0.717, 1.165) is 17.3 Å². The monoisotopic (exact) mass is 1620 g/mol. The molecule has 14 atom stereocenters. The number of ether oxygens (including phenoxy) is 4. The minimum Gasteiger partial charge on any atom is -0.480 e. The van der Waals surface area contributed by atoms with E-state index in [-0.39, 0.29) is 156 Å². The van der Waals surface area contributed by atoms with Crippen LogP contribution in [0.1, 0.15) is 190 Å². The lowest BCUT2D eigenvalue weighted by molar-refractivity contribution is -0.149. The predicted octanol–water partition coefficient (Wildman–Crippen LogP) is 6.67. The Labute approximate surface area is 677 Å². The molecule has 0 radical (unpaired) electrons. The third-order valence-electron chi connectivity index (χ3n) is 21.1. The number of carbonyl (C=O) groups excluding carboxylic acids is 13. The topological polar surface area (TPSA) is 450 Å². The zero-order valence-electron chi connectivity index (χ0n) is 69.6. The number of ketones is 4. The fourth-order valence-electron chi connectivity index (χ4n) is 14.2. The van der Waals surface area contributed by atoms with E-state index in [2.05, 4.69) is 31.9 Å². The smallest absolute Gasteiger partial charge is 0.410 e. The van der Waals surface area contributed by atoms with Crippen LogP contribution in [0.15, 0.2) is 54.6 Å². The Morgan fingerprint density at radius 1 is 0.667 bits per heavy atom. The van der Waals surface area contributed by atoms with Crippen molar-refractivity contribution in [3.8, 4) is 0 Å². The number of nitrogens with zero attached hydrogens (tertiary/aromatic N) is 3. The number of hydrogen-bond donors (Lipinski definition) is 10. The van der Waals surface area contributed by atoms with Gasteiger partial charge in [0.05, 0.1) is 74.7 Å². The van der Waals surface area contributed by atoms with Crippen LogP contribution >= 0.6 is 11.8 Å². The van der Waals surface area contributed by atoms with Gasteiger partial charge in [0.2, 0.25) is 41.4 Å². The number of benzene rings is 2. The molecule has 10 amide bonds. The highest BCUT2D eigenvalue weighted by Crippen LogP contribution is 2.34. The summed E-state index contributed by atoms with van der Waals surface area (Å²) in [6.07, 6.45) is -0.214. The molecule has 3 rings (SSSR count). The van der Waals surface area contributed by atoms with Crippen molar-refractivity contribution in [2.24, 2.45) is 58.8 Å². The molecule has 0 saturated carbocycles. The fraction of sp³-hybridized carbons (Fsp3) is 0.683. The summed E-state index contributed by atoms with van der Waals surface area (Å²) in [6.45, 7) is 20.4. The summed E-state index contributed by atoms with van der Waals surface area (Å²) >= 11 is 0.835. The number of anilines is 1. The molecular formula is C82H131N11O20S. The molecule has 1 aliphatic heterocycles. The maximum atomic E-state index is 14.9. The number of aliphatic carboxylic acids is 1. The van der Waals surface area contributed by atoms with Crippen molar-refractivity contribution in [3.63, 3.8) is 0 Å². The third kappa shape index (κ3) is 34.2. The molecule has 32 heteroatoms. The molecule has 12 N–H and O–H groups in total. The molecule has 0 aliphatic carbocycles. The van der Waals surface area contributed by atoms with Crippen LogP contribution < -0.4 is 43.4 Å². The SMILES string of the molecule is CCC(C)C(C(CC(=O)N1CCC[C@H]1C(OC)C(C)C(=O)C[C@H](C)[C@@H](O)c1ccccc1)OC)N(C)C(=O)C(CC(=O)[C@@H](C(C)C)N(C)C(=O)OCc1ccc(NC(=O)C(CCCNC(N)=O)CC(=O)C(NC(=O)CCCCCNC(=O)CC(SCC(NC(=O)CCOCCNC(=O)CN)C(C)=O)C(=O)O)C(C)C)cc1)C(C)C. The molecule has 0 bridgehead atoms. The van der Waals surface area contributed by atoms with Gasteiger partial charge in [0.1, 0.15) is 17.6 Å². The standard InChI is InChI=1S/C82H131N11O20S/c1-16-52(8)75(66(110-14)44-72(102)93-38-24-28-62(93)77(111-15)54(10)63(95)41-53(9)76(103)57-25-19-17-20-26-57)91(12)79(105)60(49(2)3)43-65(97)74(51(6)7)92(13)82(109)113-47-56-30-32-59(33-31-56)88-78(104)58(27-23-36-87-81(84)108)42-64(96)73(50(4)5)90-68(98)29-21-18-22-35-85-70(100)45-67(80(106)107)114-48-61(55(11)94)89-69(99)34-39-112-40-37-86-71(101)46-83/h17,19-20,25-26,30-33,49-54,58,60-62,66-67,73-77,103H,16,18,21-24,27-29,34-48,83H2,1-15H3,(H,85,100)(H,86,101)(H,88,104)(H,89,99)(H,90,98)(H,106,107)(H3,84,87,108)/t52?,53-,54?,58?,60?,61?,62-,66?,67?,73?,74+,75?,76+,77?/m0/s1. The van der Waals surface area contributed by atoms with Crippen molar-refractivity contribution in [2.45, 2.75) is 233 Å². The number of thioether (sulfide) groups is 1. The van der Waals surface area contributed by atoms with Crippen molar-refractivity contribution in [2.75, 3.05) is 85.3 Å². The molecule has 1 saturated heterocycles. The number of primary amides is 1. The Balaban J connectivity index is 1.60. The number of methoxy groups -OCH3 is 2. The first kappa shape index (κ1) is 99.8. The molecule has 10 unspecified atom stereocenters. The number of Topliss-reactive ketones (excluding diaryl/α,β-unsaturated/α-hetero) is 4. The Bertz CT molecular complexity index is 3420. The number of aliphatic hydroxyl groups is 1. The van der Waals surface area contributed by atoms with E-state index in [1.54, 1.807) is 75.9 Å². The second kappa shape index (κ2) is 52.2. The summed E-state index contributed by atoms with van der Waals surface area (Å²) in [7, 11) is 6.19. The number of nitrogens with one attached hydrogen (secondary N) is 6. The van der Waals surface area contributed by atoms with Crippen LogP contribution in [0.25, 0.3) is 0 Å². The van der Waals surface area contributed by atoms with Crippen LogP contribution in [0.4, 0.5) is 15.3 Å². The first-order valence-electron chi connectivity index (χ1n) is 39.9. The summed E-state index contributed by atoms with van der Waals surface area (Å²) in [5, 5.41) is 35.6. The Hall–Kier alpha value is -8.43. The third-order valence-corrected chi connectivity index (χ3v) is 22.4. The van der Waals surface area contributed by atoms with E-state index in [1.807, 2.05) is 71.9 Å². The minimum atomic E-state index is -1.28. The maximum Gasteiger partial charge on any atom is 0.410 e. The van der Waals surface area contributed by atoms with E-state index in [1.165, 1.54) is 26.0 Å². The number of nitrogens with two attached hydrogens (primary N) is 2. The first-order chi connectivity index (χ1) is 53.9. The molecule has 114 heavy (non-hydrogen) atoms. The van der Waals surface area contributed by atoms with E-state index < -0.39 is 137 Å². The highest BCUT2D eigenvalue weighted by atomic mass is 32.2. The van der Waals surface area contributed by atoms with Gasteiger partial charge in [-0.05, 0) is 98.3 Å². The second-order valence-corrected chi connectivity index (χ2v) is 32.2. The molecule has 0 aromatic heterocycles. The van der Waals surface area contributed by atoms with Gasteiger partial charge in [-0.15, -0.1) is 11.8 Å². The van der Waals surface area contributed by atoms with E-state index in [0.29, 0.717) is 56.3 Å². The molecule has 1 heterocycles. The Morgan fingerprint density at radius 2 is 1.32 bits per heavy atom. The number of urea groups is 1. The van der Waals surface area contributed by atoms with E-state index >= 15 is 0 Å². The van der Waals surface area contributed by atoms with Crippen LogP contribution in [0, 0.1) is 47.3 Å². The predicted molar refractivity (Wildman–Crippen MR) is 433 cm³/mol. The maximum absolute atomic E-state index is 14.9. The van der Waals surface area contributed by atoms with Crippen molar-refractivity contribution in [1.29, 1.82) is 0 Å². The number of hydrogen-bond acceptors (Lipinski definition) is 21. The van der Waals surface area contributed by atoms with Gasteiger partial charge in [-0.25, -0.2) is 9.59 Å². The quantitative estimate of drug-likeness (QED) is 0.0309. The fourth-order valence-corrected chi connectivity index (χ4v) is 15.4. The Morgan fingerprint density at radius 3 is 1.90 bits per heavy atom. The summed E-state index contributed by atoms with van der Waals surface area (Å²) in [4.78, 5) is 190. The average molecular weight is 1620 g/mol. The summed E-state index contributed by atoms with van der Waals surface area (Å²) in [5.74, 6) is -9.45. The number of rotatable bonds is 56. The number of carboxylic acids is 1.